The summed E-state index contributed by atoms with van der Waals surface area (Å²) >= 11 is 0. The Morgan fingerprint density at radius 2 is 1.88 bits per heavy atom. The molecule has 0 spiro atoms. The predicted octanol–water partition coefficient (Wildman–Crippen LogP) is 0.740. The van der Waals surface area contributed by atoms with Gasteiger partial charge in [0.05, 0.1) is 19.1 Å². The van der Waals surface area contributed by atoms with Crippen LogP contribution >= 0.6 is 0 Å². The van der Waals surface area contributed by atoms with E-state index >= 15 is 0 Å². The van der Waals surface area contributed by atoms with Crippen molar-refractivity contribution in [3.8, 4) is 5.75 Å². The second-order valence-corrected chi connectivity index (χ2v) is 3.61. The number of esters is 1. The Morgan fingerprint density at radius 3 is 2.41 bits per heavy atom. The lowest BCUT2D eigenvalue weighted by molar-refractivity contribution is -0.147. The molecule has 0 aliphatic heterocycles. The molecule has 0 radical (unpaired) electrons. The molecule has 3 N–H and O–H groups in total. The SMILES string of the molecule is CCOC(=O)CC(O)C(O)c1ccc(O)cc1. The Balaban J connectivity index is 2.60. The minimum Gasteiger partial charge on any atom is -0.508 e. The van der Waals surface area contributed by atoms with E-state index in [-0.39, 0.29) is 18.8 Å². The monoisotopic (exact) mass is 240 g/mol. The fraction of sp³-hybridized carbons (Fsp3) is 0.417. The lowest BCUT2D eigenvalue weighted by Gasteiger charge is -2.17. The van der Waals surface area contributed by atoms with E-state index in [1.807, 2.05) is 0 Å². The first-order valence-corrected chi connectivity index (χ1v) is 5.35. The minimum absolute atomic E-state index is 0.0702. The molecule has 0 aliphatic rings. The van der Waals surface area contributed by atoms with Gasteiger partial charge in [-0.2, -0.15) is 0 Å². The quantitative estimate of drug-likeness (QED) is 0.661. The molecule has 0 aliphatic carbocycles. The molecule has 5 heteroatoms. The first-order valence-electron chi connectivity index (χ1n) is 5.35. The third-order valence-corrected chi connectivity index (χ3v) is 2.28. The summed E-state index contributed by atoms with van der Waals surface area (Å²) in [5, 5.41) is 28.5. The fourth-order valence-electron chi connectivity index (χ4n) is 1.40. The second-order valence-electron chi connectivity index (χ2n) is 3.61. The summed E-state index contributed by atoms with van der Waals surface area (Å²) in [6.45, 7) is 1.90. The van der Waals surface area contributed by atoms with Crippen molar-refractivity contribution >= 4 is 5.97 Å². The number of hydrogen-bond donors (Lipinski definition) is 3. The number of aliphatic hydroxyl groups excluding tert-OH is 2. The van der Waals surface area contributed by atoms with Crippen molar-refractivity contribution in [3.05, 3.63) is 29.8 Å². The lowest BCUT2D eigenvalue weighted by Crippen LogP contribution is -2.23. The standard InChI is InChI=1S/C12H16O5/c1-2-17-11(15)7-10(14)12(16)8-3-5-9(13)6-4-8/h3-6,10,12-14,16H,2,7H2,1H3. The molecule has 1 rings (SSSR count). The van der Waals surface area contributed by atoms with Crippen molar-refractivity contribution in [1.82, 2.24) is 0 Å². The zero-order chi connectivity index (χ0) is 12.8. The summed E-state index contributed by atoms with van der Waals surface area (Å²) in [4.78, 5) is 11.1. The van der Waals surface area contributed by atoms with Crippen LogP contribution in [0.2, 0.25) is 0 Å². The van der Waals surface area contributed by atoms with Crippen LogP contribution in [0.5, 0.6) is 5.75 Å². The highest BCUT2D eigenvalue weighted by atomic mass is 16.5. The Kier molecular flexibility index (Phi) is 4.93. The van der Waals surface area contributed by atoms with Crippen LogP contribution in [0.15, 0.2) is 24.3 Å². The second kappa shape index (κ2) is 6.22. The van der Waals surface area contributed by atoms with E-state index in [4.69, 9.17) is 5.11 Å². The van der Waals surface area contributed by atoms with Crippen molar-refractivity contribution in [2.45, 2.75) is 25.6 Å². The Hall–Kier alpha value is -1.59. The number of carbonyl (C=O) groups is 1. The maximum atomic E-state index is 11.1. The van der Waals surface area contributed by atoms with Gasteiger partial charge < -0.3 is 20.1 Å². The summed E-state index contributed by atoms with van der Waals surface area (Å²) < 4.78 is 4.67. The van der Waals surface area contributed by atoms with E-state index in [1.54, 1.807) is 6.92 Å². The van der Waals surface area contributed by atoms with Gasteiger partial charge in [-0.1, -0.05) is 12.1 Å². The minimum atomic E-state index is -1.22. The molecule has 1 aromatic carbocycles. The van der Waals surface area contributed by atoms with Gasteiger partial charge in [0.25, 0.3) is 0 Å². The molecule has 0 fully saturated rings. The molecule has 5 nitrogen and oxygen atoms in total. The molecule has 0 heterocycles. The van der Waals surface area contributed by atoms with Crippen molar-refractivity contribution in [2.24, 2.45) is 0 Å². The van der Waals surface area contributed by atoms with E-state index in [0.29, 0.717) is 5.56 Å². The first kappa shape index (κ1) is 13.5. The normalized spacial score (nSPS) is 14.1. The number of aromatic hydroxyl groups is 1. The van der Waals surface area contributed by atoms with Gasteiger partial charge in [0.2, 0.25) is 0 Å². The fourth-order valence-corrected chi connectivity index (χ4v) is 1.40. The molecular weight excluding hydrogens is 224 g/mol. The van der Waals surface area contributed by atoms with Gasteiger partial charge in [0.1, 0.15) is 11.9 Å². The molecule has 0 saturated heterocycles. The third-order valence-electron chi connectivity index (χ3n) is 2.28. The molecule has 94 valence electrons. The van der Waals surface area contributed by atoms with Crippen molar-refractivity contribution in [2.75, 3.05) is 6.61 Å². The number of rotatable bonds is 5. The molecule has 0 amide bonds. The number of ether oxygens (including phenoxy) is 1. The highest BCUT2D eigenvalue weighted by Gasteiger charge is 2.21. The van der Waals surface area contributed by atoms with Gasteiger partial charge in [0.15, 0.2) is 0 Å². The van der Waals surface area contributed by atoms with Crippen LogP contribution in [0.4, 0.5) is 0 Å². The molecule has 17 heavy (non-hydrogen) atoms. The zero-order valence-corrected chi connectivity index (χ0v) is 9.54. The van der Waals surface area contributed by atoms with E-state index in [1.165, 1.54) is 24.3 Å². The summed E-state index contributed by atoms with van der Waals surface area (Å²) in [5.41, 5.74) is 0.430. The van der Waals surface area contributed by atoms with Crippen LogP contribution in [0.25, 0.3) is 0 Å². The Morgan fingerprint density at radius 1 is 1.29 bits per heavy atom. The summed E-state index contributed by atoms with van der Waals surface area (Å²) in [6.07, 6.45) is -2.67. The molecule has 1 aromatic rings. The smallest absolute Gasteiger partial charge is 0.308 e. The highest BCUT2D eigenvalue weighted by molar-refractivity contribution is 5.70. The third kappa shape index (κ3) is 4.05. The van der Waals surface area contributed by atoms with Crippen LogP contribution < -0.4 is 0 Å². The first-order chi connectivity index (χ1) is 8.04. The number of phenols is 1. The Bertz CT molecular complexity index is 360. The van der Waals surface area contributed by atoms with E-state index in [0.717, 1.165) is 0 Å². The number of benzene rings is 1. The summed E-state index contributed by atoms with van der Waals surface area (Å²) in [6, 6.07) is 5.76. The van der Waals surface area contributed by atoms with Crippen LogP contribution in [-0.4, -0.2) is 34.0 Å². The average molecular weight is 240 g/mol. The van der Waals surface area contributed by atoms with Gasteiger partial charge >= 0.3 is 5.97 Å². The van der Waals surface area contributed by atoms with Crippen molar-refractivity contribution in [1.29, 1.82) is 0 Å². The van der Waals surface area contributed by atoms with Gasteiger partial charge in [0, 0.05) is 0 Å². The maximum absolute atomic E-state index is 11.1. The molecule has 0 bridgehead atoms. The van der Waals surface area contributed by atoms with E-state index in [9.17, 15) is 15.0 Å². The van der Waals surface area contributed by atoms with Crippen LogP contribution in [0.1, 0.15) is 25.0 Å². The molecular formula is C12H16O5. The number of aliphatic hydroxyl groups is 2. The summed E-state index contributed by atoms with van der Waals surface area (Å²) in [7, 11) is 0. The van der Waals surface area contributed by atoms with E-state index < -0.39 is 18.2 Å². The largest absolute Gasteiger partial charge is 0.508 e. The van der Waals surface area contributed by atoms with E-state index in [2.05, 4.69) is 4.74 Å². The molecule has 2 unspecified atom stereocenters. The predicted molar refractivity (Wildman–Crippen MR) is 60.3 cm³/mol. The topological polar surface area (TPSA) is 87.0 Å². The number of hydrogen-bond acceptors (Lipinski definition) is 5. The lowest BCUT2D eigenvalue weighted by atomic mass is 10.0. The molecule has 0 saturated carbocycles. The number of phenolic OH excluding ortho intramolecular Hbond substituents is 1. The van der Waals surface area contributed by atoms with Crippen LogP contribution in [-0.2, 0) is 9.53 Å². The molecule has 2 atom stereocenters. The highest BCUT2D eigenvalue weighted by Crippen LogP contribution is 2.21. The van der Waals surface area contributed by atoms with Crippen LogP contribution in [0, 0.1) is 0 Å². The maximum Gasteiger partial charge on any atom is 0.308 e. The Labute approximate surface area is 99.3 Å². The van der Waals surface area contributed by atoms with Gasteiger partial charge in [-0.05, 0) is 24.6 Å². The van der Waals surface area contributed by atoms with Crippen molar-refractivity contribution in [3.63, 3.8) is 0 Å². The van der Waals surface area contributed by atoms with Gasteiger partial charge in [-0.15, -0.1) is 0 Å². The molecule has 0 aromatic heterocycles. The van der Waals surface area contributed by atoms with Crippen molar-refractivity contribution < 1.29 is 24.9 Å². The number of carbonyl (C=O) groups excluding carboxylic acids is 1. The van der Waals surface area contributed by atoms with Gasteiger partial charge in [-0.3, -0.25) is 4.79 Å². The van der Waals surface area contributed by atoms with Gasteiger partial charge in [-0.25, -0.2) is 0 Å². The van der Waals surface area contributed by atoms with Crippen LogP contribution in [0.3, 0.4) is 0 Å². The average Bonchev–Trinajstić information content (AvgIpc) is 2.29. The summed E-state index contributed by atoms with van der Waals surface area (Å²) in [5.74, 6) is -0.487. The zero-order valence-electron chi connectivity index (χ0n) is 9.54.